The van der Waals surface area contributed by atoms with E-state index in [0.29, 0.717) is 5.82 Å². The Bertz CT molecular complexity index is 894. The van der Waals surface area contributed by atoms with Gasteiger partial charge in [-0.05, 0) is 36.8 Å². The van der Waals surface area contributed by atoms with Crippen LogP contribution in [0.4, 0.5) is 8.78 Å². The number of esters is 1. The van der Waals surface area contributed by atoms with E-state index in [1.807, 2.05) is 31.2 Å². The topological polar surface area (TPSA) is 74.5 Å². The molecule has 0 fully saturated rings. The minimum atomic E-state index is -2.92. The van der Waals surface area contributed by atoms with Gasteiger partial charge in [-0.2, -0.15) is 13.8 Å². The summed E-state index contributed by atoms with van der Waals surface area (Å²) >= 11 is 0. The predicted molar refractivity (Wildman–Crippen MR) is 86.7 cm³/mol. The summed E-state index contributed by atoms with van der Waals surface area (Å²) in [5.74, 6) is -0.141. The van der Waals surface area contributed by atoms with Gasteiger partial charge in [0, 0.05) is 5.56 Å². The summed E-state index contributed by atoms with van der Waals surface area (Å²) in [4.78, 5) is 16.2. The smallest absolute Gasteiger partial charge is 0.387 e. The van der Waals surface area contributed by atoms with Gasteiger partial charge in [-0.15, -0.1) is 0 Å². The highest BCUT2D eigenvalue weighted by molar-refractivity contribution is 5.89. The van der Waals surface area contributed by atoms with Crippen molar-refractivity contribution in [2.45, 2.75) is 20.1 Å². The summed E-state index contributed by atoms with van der Waals surface area (Å²) in [5.41, 5.74) is 2.00. The first-order valence-electron chi connectivity index (χ1n) is 7.63. The fourth-order valence-corrected chi connectivity index (χ4v) is 2.23. The van der Waals surface area contributed by atoms with Crippen molar-refractivity contribution in [3.8, 4) is 17.1 Å². The first kappa shape index (κ1) is 17.5. The van der Waals surface area contributed by atoms with E-state index in [9.17, 15) is 13.6 Å². The molecule has 0 saturated carbocycles. The second-order valence-corrected chi connectivity index (χ2v) is 5.31. The first-order chi connectivity index (χ1) is 12.5. The molecule has 0 N–H and O–H groups in total. The molecular formula is C18H14F2N2O4. The lowest BCUT2D eigenvalue weighted by molar-refractivity contribution is -0.0498. The number of halogens is 2. The summed E-state index contributed by atoms with van der Waals surface area (Å²) in [7, 11) is 0. The van der Waals surface area contributed by atoms with Crippen molar-refractivity contribution in [2.75, 3.05) is 0 Å². The van der Waals surface area contributed by atoms with E-state index >= 15 is 0 Å². The Kier molecular flexibility index (Phi) is 5.21. The number of alkyl halides is 2. The number of hydrogen-bond acceptors (Lipinski definition) is 6. The largest absolute Gasteiger partial charge is 0.452 e. The van der Waals surface area contributed by atoms with Gasteiger partial charge in [-0.3, -0.25) is 0 Å². The normalized spacial score (nSPS) is 10.8. The molecule has 3 aromatic rings. The Balaban J connectivity index is 1.61. The zero-order chi connectivity index (χ0) is 18.5. The van der Waals surface area contributed by atoms with Crippen LogP contribution in [-0.2, 0) is 11.3 Å². The van der Waals surface area contributed by atoms with Crippen LogP contribution < -0.4 is 4.74 Å². The highest BCUT2D eigenvalue weighted by Crippen LogP contribution is 2.20. The number of nitrogens with zero attached hydrogens (tertiary/aromatic N) is 2. The zero-order valence-corrected chi connectivity index (χ0v) is 13.7. The molecule has 0 atom stereocenters. The molecule has 0 aliphatic rings. The molecule has 0 unspecified atom stereocenters. The minimum absolute atomic E-state index is 0.0451. The molecule has 0 saturated heterocycles. The molecule has 0 amide bonds. The van der Waals surface area contributed by atoms with Gasteiger partial charge >= 0.3 is 12.6 Å². The summed E-state index contributed by atoms with van der Waals surface area (Å²) < 4.78 is 38.6. The fourth-order valence-electron chi connectivity index (χ4n) is 2.23. The fraction of sp³-hybridized carbons (Fsp3) is 0.167. The van der Waals surface area contributed by atoms with Gasteiger partial charge in [-0.1, -0.05) is 29.4 Å². The van der Waals surface area contributed by atoms with Crippen LogP contribution >= 0.6 is 0 Å². The summed E-state index contributed by atoms with van der Waals surface area (Å²) in [6.45, 7) is -1.20. The number of rotatable bonds is 6. The number of ether oxygens (including phenoxy) is 2. The van der Waals surface area contributed by atoms with E-state index in [1.54, 1.807) is 0 Å². The molecule has 26 heavy (non-hydrogen) atoms. The van der Waals surface area contributed by atoms with Gasteiger partial charge in [0.05, 0.1) is 5.56 Å². The molecule has 2 aromatic carbocycles. The third kappa shape index (κ3) is 4.21. The van der Waals surface area contributed by atoms with Crippen molar-refractivity contribution < 1.29 is 27.6 Å². The van der Waals surface area contributed by atoms with E-state index in [2.05, 4.69) is 14.9 Å². The highest BCUT2D eigenvalue weighted by atomic mass is 19.3. The van der Waals surface area contributed by atoms with Crippen LogP contribution in [0, 0.1) is 6.92 Å². The van der Waals surface area contributed by atoms with Crippen molar-refractivity contribution in [3.05, 3.63) is 65.5 Å². The van der Waals surface area contributed by atoms with E-state index in [-0.39, 0.29) is 23.8 Å². The number of carbonyl (C=O) groups is 1. The molecule has 0 bridgehead atoms. The standard InChI is InChI=1S/C18H14F2N2O4/c1-11-4-2-3-5-14(11)16-21-15(26-22-16)10-24-17(23)12-6-8-13(9-7-12)25-18(19)20/h2-9,18H,10H2,1H3. The van der Waals surface area contributed by atoms with Crippen LogP contribution in [0.2, 0.25) is 0 Å². The molecule has 6 nitrogen and oxygen atoms in total. The monoisotopic (exact) mass is 360 g/mol. The lowest BCUT2D eigenvalue weighted by atomic mass is 10.1. The lowest BCUT2D eigenvalue weighted by Gasteiger charge is -2.05. The number of benzene rings is 2. The summed E-state index contributed by atoms with van der Waals surface area (Å²) in [6, 6.07) is 12.7. The average molecular weight is 360 g/mol. The van der Waals surface area contributed by atoms with Gasteiger partial charge in [0.25, 0.3) is 5.89 Å². The van der Waals surface area contributed by atoms with E-state index in [0.717, 1.165) is 11.1 Å². The van der Waals surface area contributed by atoms with Crippen molar-refractivity contribution in [2.24, 2.45) is 0 Å². The van der Waals surface area contributed by atoms with Gasteiger partial charge in [0.15, 0.2) is 6.61 Å². The molecule has 0 radical (unpaired) electrons. The van der Waals surface area contributed by atoms with Gasteiger partial charge in [0.2, 0.25) is 5.82 Å². The van der Waals surface area contributed by atoms with Crippen LogP contribution in [0.5, 0.6) is 5.75 Å². The average Bonchev–Trinajstić information content (AvgIpc) is 3.09. The van der Waals surface area contributed by atoms with Crippen LogP contribution in [0.25, 0.3) is 11.4 Å². The predicted octanol–water partition coefficient (Wildman–Crippen LogP) is 4.00. The van der Waals surface area contributed by atoms with E-state index < -0.39 is 12.6 Å². The van der Waals surface area contributed by atoms with Crippen molar-refractivity contribution in [3.63, 3.8) is 0 Å². The number of aromatic nitrogens is 2. The number of carbonyl (C=O) groups excluding carboxylic acids is 1. The van der Waals surface area contributed by atoms with Gasteiger partial charge in [-0.25, -0.2) is 4.79 Å². The first-order valence-corrected chi connectivity index (χ1v) is 7.63. The number of hydrogen-bond donors (Lipinski definition) is 0. The van der Waals surface area contributed by atoms with Gasteiger partial charge in [0.1, 0.15) is 5.75 Å². The molecular weight excluding hydrogens is 346 g/mol. The third-order valence-electron chi connectivity index (χ3n) is 3.50. The van der Waals surface area contributed by atoms with Crippen molar-refractivity contribution >= 4 is 5.97 Å². The molecule has 3 rings (SSSR count). The maximum atomic E-state index is 12.1. The Hall–Kier alpha value is -3.29. The van der Waals surface area contributed by atoms with Crippen LogP contribution in [-0.4, -0.2) is 22.7 Å². The summed E-state index contributed by atoms with van der Waals surface area (Å²) in [6.07, 6.45) is 0. The van der Waals surface area contributed by atoms with Crippen molar-refractivity contribution in [1.29, 1.82) is 0 Å². The quantitative estimate of drug-likeness (QED) is 0.619. The molecule has 0 spiro atoms. The molecule has 1 heterocycles. The number of aryl methyl sites for hydroxylation is 1. The maximum absolute atomic E-state index is 12.1. The Morgan fingerprint density at radius 1 is 1.15 bits per heavy atom. The third-order valence-corrected chi connectivity index (χ3v) is 3.50. The Labute approximate surface area is 147 Å². The minimum Gasteiger partial charge on any atom is -0.452 e. The summed E-state index contributed by atoms with van der Waals surface area (Å²) in [5, 5.41) is 3.87. The van der Waals surface area contributed by atoms with Crippen molar-refractivity contribution in [1.82, 2.24) is 10.1 Å². The zero-order valence-electron chi connectivity index (χ0n) is 13.7. The Morgan fingerprint density at radius 2 is 1.88 bits per heavy atom. The van der Waals surface area contributed by atoms with Crippen LogP contribution in [0.1, 0.15) is 21.8 Å². The van der Waals surface area contributed by atoms with Gasteiger partial charge < -0.3 is 14.0 Å². The maximum Gasteiger partial charge on any atom is 0.387 e. The molecule has 1 aromatic heterocycles. The molecule has 8 heteroatoms. The highest BCUT2D eigenvalue weighted by Gasteiger charge is 2.14. The second kappa shape index (κ2) is 7.73. The van der Waals surface area contributed by atoms with Crippen LogP contribution in [0.3, 0.4) is 0 Å². The SMILES string of the molecule is Cc1ccccc1-c1noc(COC(=O)c2ccc(OC(F)F)cc2)n1. The Morgan fingerprint density at radius 3 is 2.58 bits per heavy atom. The lowest BCUT2D eigenvalue weighted by Crippen LogP contribution is -2.06. The van der Waals surface area contributed by atoms with E-state index in [1.165, 1.54) is 24.3 Å². The molecule has 134 valence electrons. The molecule has 0 aliphatic carbocycles. The molecule has 0 aliphatic heterocycles. The van der Waals surface area contributed by atoms with E-state index in [4.69, 9.17) is 9.26 Å². The second-order valence-electron chi connectivity index (χ2n) is 5.31. The van der Waals surface area contributed by atoms with Crippen LogP contribution in [0.15, 0.2) is 53.1 Å².